The van der Waals surface area contributed by atoms with E-state index < -0.39 is 11.6 Å². The van der Waals surface area contributed by atoms with Crippen molar-refractivity contribution in [2.75, 3.05) is 6.61 Å². The molecule has 0 amide bonds. The average molecular weight is 244 g/mol. The molecular formula is C14H28O3. The highest BCUT2D eigenvalue weighted by atomic mass is 16.5. The summed E-state index contributed by atoms with van der Waals surface area (Å²) in [5, 5.41) is 10.4. The van der Waals surface area contributed by atoms with Crippen molar-refractivity contribution in [1.82, 2.24) is 0 Å². The first-order chi connectivity index (χ1) is 7.81. The highest BCUT2D eigenvalue weighted by Gasteiger charge is 2.36. The summed E-state index contributed by atoms with van der Waals surface area (Å²) in [6.45, 7) is 10.5. The molecule has 0 atom stereocenters. The van der Waals surface area contributed by atoms with Gasteiger partial charge in [-0.3, -0.25) is 0 Å². The quantitative estimate of drug-likeness (QED) is 0.667. The number of hydrogen-bond acceptors (Lipinski definition) is 3. The summed E-state index contributed by atoms with van der Waals surface area (Å²) in [7, 11) is 0. The molecule has 0 aromatic heterocycles. The molecule has 1 N–H and O–H groups in total. The number of aliphatic hydroxyl groups is 1. The van der Waals surface area contributed by atoms with Gasteiger partial charge in [0, 0.05) is 0 Å². The second-order valence-electron chi connectivity index (χ2n) is 5.62. The molecule has 0 aliphatic carbocycles. The van der Waals surface area contributed by atoms with E-state index >= 15 is 0 Å². The van der Waals surface area contributed by atoms with Gasteiger partial charge in [-0.15, -0.1) is 0 Å². The fraction of sp³-hybridized carbons (Fsp3) is 0.929. The number of rotatable bonds is 8. The summed E-state index contributed by atoms with van der Waals surface area (Å²) < 4.78 is 4.98. The Morgan fingerprint density at radius 2 is 1.53 bits per heavy atom. The fourth-order valence-electron chi connectivity index (χ4n) is 1.65. The second kappa shape index (κ2) is 7.70. The molecule has 0 fully saturated rings. The lowest BCUT2D eigenvalue weighted by molar-refractivity contribution is -0.167. The summed E-state index contributed by atoms with van der Waals surface area (Å²) in [5.74, 6) is 0.506. The second-order valence-corrected chi connectivity index (χ2v) is 5.62. The maximum absolute atomic E-state index is 11.8. The smallest absolute Gasteiger partial charge is 0.338 e. The number of carbonyl (C=O) groups excluding carboxylic acids is 1. The van der Waals surface area contributed by atoms with E-state index in [1.807, 2.05) is 0 Å². The molecular weight excluding hydrogens is 216 g/mol. The van der Waals surface area contributed by atoms with Crippen molar-refractivity contribution in [1.29, 1.82) is 0 Å². The molecule has 0 rings (SSSR count). The minimum Gasteiger partial charge on any atom is -0.464 e. The molecule has 0 aliphatic rings. The van der Waals surface area contributed by atoms with Crippen LogP contribution >= 0.6 is 0 Å². The van der Waals surface area contributed by atoms with Crippen LogP contribution in [0.5, 0.6) is 0 Å². The van der Waals surface area contributed by atoms with Gasteiger partial charge in [0.05, 0.1) is 6.61 Å². The monoisotopic (exact) mass is 244 g/mol. The van der Waals surface area contributed by atoms with Crippen molar-refractivity contribution >= 4 is 5.97 Å². The van der Waals surface area contributed by atoms with Gasteiger partial charge in [-0.1, -0.05) is 27.7 Å². The Hall–Kier alpha value is -0.570. The largest absolute Gasteiger partial charge is 0.464 e. The van der Waals surface area contributed by atoms with Gasteiger partial charge in [0.2, 0.25) is 0 Å². The van der Waals surface area contributed by atoms with Crippen LogP contribution in [0.2, 0.25) is 0 Å². The van der Waals surface area contributed by atoms with E-state index in [1.54, 1.807) is 6.92 Å². The fourth-order valence-corrected chi connectivity index (χ4v) is 1.65. The lowest BCUT2D eigenvalue weighted by atomic mass is 9.87. The van der Waals surface area contributed by atoms with Gasteiger partial charge in [0.1, 0.15) is 0 Å². The minimum absolute atomic E-state index is 0.324. The Labute approximate surface area is 106 Å². The third-order valence-corrected chi connectivity index (χ3v) is 2.93. The van der Waals surface area contributed by atoms with Crippen molar-refractivity contribution in [2.24, 2.45) is 11.8 Å². The first kappa shape index (κ1) is 16.4. The van der Waals surface area contributed by atoms with Crippen molar-refractivity contribution < 1.29 is 14.6 Å². The van der Waals surface area contributed by atoms with Crippen LogP contribution in [0.3, 0.4) is 0 Å². The molecule has 0 spiro atoms. The van der Waals surface area contributed by atoms with Gasteiger partial charge in [0.25, 0.3) is 0 Å². The molecule has 0 bridgehead atoms. The standard InChI is InChI=1S/C14H28O3/c1-6-17-13(15)14(16,9-7-11(2)3)10-8-12(4)5/h11-12,16H,6-10H2,1-5H3. The van der Waals surface area contributed by atoms with Gasteiger partial charge in [-0.05, 0) is 44.4 Å². The lowest BCUT2D eigenvalue weighted by Crippen LogP contribution is -2.40. The molecule has 0 saturated carbocycles. The van der Waals surface area contributed by atoms with Gasteiger partial charge in [-0.2, -0.15) is 0 Å². The Kier molecular flexibility index (Phi) is 7.44. The maximum atomic E-state index is 11.8. The third kappa shape index (κ3) is 6.67. The van der Waals surface area contributed by atoms with Crippen molar-refractivity contribution in [3.8, 4) is 0 Å². The summed E-state index contributed by atoms with van der Waals surface area (Å²) in [5.41, 5.74) is -1.29. The van der Waals surface area contributed by atoms with Crippen molar-refractivity contribution in [3.05, 3.63) is 0 Å². The Balaban J connectivity index is 4.49. The number of ether oxygens (including phenoxy) is 1. The Morgan fingerprint density at radius 1 is 1.12 bits per heavy atom. The molecule has 0 aromatic carbocycles. The summed E-state index contributed by atoms with van der Waals surface area (Å²) in [6, 6.07) is 0. The number of hydrogen-bond donors (Lipinski definition) is 1. The number of esters is 1. The Bertz CT molecular complexity index is 210. The van der Waals surface area contributed by atoms with Gasteiger partial charge < -0.3 is 9.84 Å². The molecule has 17 heavy (non-hydrogen) atoms. The van der Waals surface area contributed by atoms with E-state index in [1.165, 1.54) is 0 Å². The summed E-state index contributed by atoms with van der Waals surface area (Å²) in [6.07, 6.45) is 2.67. The van der Waals surface area contributed by atoms with Crippen LogP contribution in [0.15, 0.2) is 0 Å². The zero-order valence-corrected chi connectivity index (χ0v) is 12.0. The van der Waals surface area contributed by atoms with Crippen LogP contribution < -0.4 is 0 Å². The first-order valence-electron chi connectivity index (χ1n) is 6.71. The van der Waals surface area contributed by atoms with E-state index in [9.17, 15) is 9.90 Å². The lowest BCUT2D eigenvalue weighted by Gasteiger charge is -2.27. The van der Waals surface area contributed by atoms with Crippen molar-refractivity contribution in [2.45, 2.75) is 65.9 Å². The van der Waals surface area contributed by atoms with E-state index in [2.05, 4.69) is 27.7 Å². The van der Waals surface area contributed by atoms with E-state index in [0.717, 1.165) is 12.8 Å². The SMILES string of the molecule is CCOC(=O)C(O)(CCC(C)C)CCC(C)C. The maximum Gasteiger partial charge on any atom is 0.338 e. The predicted molar refractivity (Wildman–Crippen MR) is 69.7 cm³/mol. The van der Waals surface area contributed by atoms with Gasteiger partial charge in [0.15, 0.2) is 5.60 Å². The highest BCUT2D eigenvalue weighted by molar-refractivity contribution is 5.79. The van der Waals surface area contributed by atoms with Crippen LogP contribution in [0, 0.1) is 11.8 Å². The molecule has 3 nitrogen and oxygen atoms in total. The topological polar surface area (TPSA) is 46.5 Å². The van der Waals surface area contributed by atoms with Crippen LogP contribution in [0.25, 0.3) is 0 Å². The molecule has 3 heteroatoms. The van der Waals surface area contributed by atoms with E-state index in [-0.39, 0.29) is 0 Å². The number of carbonyl (C=O) groups is 1. The molecule has 102 valence electrons. The van der Waals surface area contributed by atoms with Crippen LogP contribution in [-0.4, -0.2) is 23.3 Å². The van der Waals surface area contributed by atoms with Gasteiger partial charge >= 0.3 is 5.97 Å². The average Bonchev–Trinajstić information content (AvgIpc) is 2.24. The molecule has 0 radical (unpaired) electrons. The zero-order chi connectivity index (χ0) is 13.5. The first-order valence-corrected chi connectivity index (χ1v) is 6.71. The molecule has 0 heterocycles. The summed E-state index contributed by atoms with van der Waals surface area (Å²) >= 11 is 0. The van der Waals surface area contributed by atoms with Gasteiger partial charge in [-0.25, -0.2) is 4.79 Å². The van der Waals surface area contributed by atoms with Crippen LogP contribution in [0.1, 0.15) is 60.3 Å². The van der Waals surface area contributed by atoms with Crippen LogP contribution in [-0.2, 0) is 9.53 Å². The summed E-state index contributed by atoms with van der Waals surface area (Å²) in [4.78, 5) is 11.8. The van der Waals surface area contributed by atoms with E-state index in [0.29, 0.717) is 31.3 Å². The molecule has 0 aromatic rings. The van der Waals surface area contributed by atoms with E-state index in [4.69, 9.17) is 4.74 Å². The highest BCUT2D eigenvalue weighted by Crippen LogP contribution is 2.25. The molecule has 0 aliphatic heterocycles. The molecule has 0 saturated heterocycles. The third-order valence-electron chi connectivity index (χ3n) is 2.93. The normalized spacial score (nSPS) is 12.2. The van der Waals surface area contributed by atoms with Crippen molar-refractivity contribution in [3.63, 3.8) is 0 Å². The van der Waals surface area contributed by atoms with Crippen LogP contribution in [0.4, 0.5) is 0 Å². The minimum atomic E-state index is -1.29. The Morgan fingerprint density at radius 3 is 1.82 bits per heavy atom. The zero-order valence-electron chi connectivity index (χ0n) is 12.0. The molecule has 0 unspecified atom stereocenters. The predicted octanol–water partition coefficient (Wildman–Crippen LogP) is 3.15.